The quantitative estimate of drug-likeness (QED) is 0.642. The van der Waals surface area contributed by atoms with E-state index >= 15 is 0 Å². The lowest BCUT2D eigenvalue weighted by Gasteiger charge is -2.06. The predicted molar refractivity (Wildman–Crippen MR) is 66.3 cm³/mol. The van der Waals surface area contributed by atoms with Crippen molar-refractivity contribution >= 4 is 26.9 Å². The first-order valence-corrected chi connectivity index (χ1v) is 6.12. The molecule has 16 heavy (non-hydrogen) atoms. The van der Waals surface area contributed by atoms with Gasteiger partial charge in [0.05, 0.1) is 18.1 Å². The summed E-state index contributed by atoms with van der Waals surface area (Å²) in [6, 6.07) is 7.09. The Labute approximate surface area is 101 Å². The van der Waals surface area contributed by atoms with E-state index in [0.29, 0.717) is 17.9 Å². The van der Waals surface area contributed by atoms with Crippen molar-refractivity contribution in [3.63, 3.8) is 0 Å². The first-order valence-electron chi connectivity index (χ1n) is 5.00. The summed E-state index contributed by atoms with van der Waals surface area (Å²) in [7, 11) is 0. The number of fused-ring (bicyclic) bond motifs is 1. The predicted octanol–water partition coefficient (Wildman–Crippen LogP) is 3.09. The average molecular weight is 283 g/mol. The van der Waals surface area contributed by atoms with Gasteiger partial charge in [-0.05, 0) is 24.6 Å². The van der Waals surface area contributed by atoms with E-state index in [4.69, 9.17) is 9.15 Å². The molecule has 1 aromatic carbocycles. The van der Waals surface area contributed by atoms with E-state index in [1.165, 1.54) is 6.07 Å². The maximum Gasteiger partial charge on any atom is 0.339 e. The van der Waals surface area contributed by atoms with Crippen molar-refractivity contribution in [2.75, 3.05) is 6.61 Å². The highest BCUT2D eigenvalue weighted by atomic mass is 79.9. The topological polar surface area (TPSA) is 39.4 Å². The summed E-state index contributed by atoms with van der Waals surface area (Å²) in [5, 5.41) is 1.55. The molecule has 2 aromatic rings. The van der Waals surface area contributed by atoms with Crippen molar-refractivity contribution in [1.82, 2.24) is 0 Å². The van der Waals surface area contributed by atoms with E-state index in [1.807, 2.05) is 25.1 Å². The van der Waals surface area contributed by atoms with Crippen LogP contribution in [-0.4, -0.2) is 6.61 Å². The molecule has 0 saturated heterocycles. The van der Waals surface area contributed by atoms with Crippen LogP contribution in [0.2, 0.25) is 0 Å². The summed E-state index contributed by atoms with van der Waals surface area (Å²) < 4.78 is 10.5. The van der Waals surface area contributed by atoms with Gasteiger partial charge in [-0.1, -0.05) is 22.0 Å². The maximum atomic E-state index is 11.3. The molecule has 0 aliphatic carbocycles. The molecule has 0 radical (unpaired) electrons. The molecule has 0 atom stereocenters. The Morgan fingerprint density at radius 3 is 2.88 bits per heavy atom. The summed E-state index contributed by atoms with van der Waals surface area (Å²) in [4.78, 5) is 11.3. The van der Waals surface area contributed by atoms with Crippen LogP contribution in [0.15, 0.2) is 33.5 Å². The van der Waals surface area contributed by atoms with Gasteiger partial charge in [-0.2, -0.15) is 0 Å². The van der Waals surface area contributed by atoms with Crippen LogP contribution < -0.4 is 10.4 Å². The van der Waals surface area contributed by atoms with Crippen molar-refractivity contribution in [2.45, 2.75) is 12.3 Å². The minimum absolute atomic E-state index is 0.386. The largest absolute Gasteiger partial charge is 0.493 e. The van der Waals surface area contributed by atoms with E-state index in [-0.39, 0.29) is 5.63 Å². The third-order valence-electron chi connectivity index (χ3n) is 2.23. The maximum absolute atomic E-state index is 11.3. The van der Waals surface area contributed by atoms with Crippen LogP contribution in [0.25, 0.3) is 11.0 Å². The Hall–Kier alpha value is -1.29. The van der Waals surface area contributed by atoms with Gasteiger partial charge in [0.15, 0.2) is 0 Å². The van der Waals surface area contributed by atoms with Gasteiger partial charge >= 0.3 is 5.63 Å². The molecule has 0 bridgehead atoms. The zero-order valence-corrected chi connectivity index (χ0v) is 10.4. The lowest BCUT2D eigenvalue weighted by atomic mass is 10.1. The molecule has 84 valence electrons. The molecule has 0 spiro atoms. The van der Waals surface area contributed by atoms with Crippen molar-refractivity contribution in [3.8, 4) is 5.75 Å². The van der Waals surface area contributed by atoms with E-state index in [9.17, 15) is 4.79 Å². The smallest absolute Gasteiger partial charge is 0.339 e. The second kappa shape index (κ2) is 4.70. The number of ether oxygens (including phenoxy) is 1. The fourth-order valence-corrected chi connectivity index (χ4v) is 1.88. The summed E-state index contributed by atoms with van der Waals surface area (Å²) in [5.41, 5.74) is 1.24. The average Bonchev–Trinajstić information content (AvgIpc) is 2.28. The van der Waals surface area contributed by atoms with Gasteiger partial charge in [-0.25, -0.2) is 4.79 Å². The van der Waals surface area contributed by atoms with E-state index < -0.39 is 0 Å². The number of halogens is 1. The van der Waals surface area contributed by atoms with Gasteiger partial charge in [0, 0.05) is 5.33 Å². The van der Waals surface area contributed by atoms with Crippen molar-refractivity contribution in [3.05, 3.63) is 40.2 Å². The van der Waals surface area contributed by atoms with Gasteiger partial charge < -0.3 is 9.15 Å². The molecule has 1 heterocycles. The molecule has 0 fully saturated rings. The van der Waals surface area contributed by atoms with E-state index in [0.717, 1.165) is 16.3 Å². The fourth-order valence-electron chi connectivity index (χ4n) is 1.54. The summed E-state index contributed by atoms with van der Waals surface area (Å²) in [6.45, 7) is 2.41. The number of hydrogen-bond acceptors (Lipinski definition) is 3. The zero-order valence-electron chi connectivity index (χ0n) is 8.83. The molecule has 2 rings (SSSR count). The molecular weight excluding hydrogens is 272 g/mol. The van der Waals surface area contributed by atoms with Crippen LogP contribution in [0.1, 0.15) is 12.5 Å². The second-order valence-electron chi connectivity index (χ2n) is 3.33. The Kier molecular flexibility index (Phi) is 3.29. The first kappa shape index (κ1) is 11.2. The summed E-state index contributed by atoms with van der Waals surface area (Å²) >= 11 is 3.36. The Bertz CT molecular complexity index is 560. The van der Waals surface area contributed by atoms with Crippen molar-refractivity contribution in [2.24, 2.45) is 0 Å². The van der Waals surface area contributed by atoms with Crippen molar-refractivity contribution in [1.29, 1.82) is 0 Å². The standard InChI is InChI=1S/C12H11BrO3/c1-2-15-10-6-12(14)16-11-5-8(7-13)3-4-9(10)11/h3-6H,2,7H2,1H3. The minimum atomic E-state index is -0.386. The Balaban J connectivity index is 2.68. The lowest BCUT2D eigenvalue weighted by molar-refractivity contribution is 0.341. The number of hydrogen-bond donors (Lipinski definition) is 0. The fraction of sp³-hybridized carbons (Fsp3) is 0.250. The van der Waals surface area contributed by atoms with Gasteiger partial charge in [0.2, 0.25) is 0 Å². The lowest BCUT2D eigenvalue weighted by Crippen LogP contribution is -2.01. The Morgan fingerprint density at radius 1 is 1.38 bits per heavy atom. The molecule has 0 aliphatic rings. The third kappa shape index (κ3) is 2.11. The molecule has 0 amide bonds. The molecule has 1 aromatic heterocycles. The zero-order chi connectivity index (χ0) is 11.5. The summed E-state index contributed by atoms with van der Waals surface area (Å²) in [5.74, 6) is 0.579. The van der Waals surface area contributed by atoms with Crippen LogP contribution in [0.5, 0.6) is 5.75 Å². The number of benzene rings is 1. The van der Waals surface area contributed by atoms with Crippen LogP contribution in [0.3, 0.4) is 0 Å². The second-order valence-corrected chi connectivity index (χ2v) is 3.89. The molecule has 4 heteroatoms. The molecule has 0 unspecified atom stereocenters. The monoisotopic (exact) mass is 282 g/mol. The number of alkyl halides is 1. The Morgan fingerprint density at radius 2 is 2.19 bits per heavy atom. The molecular formula is C12H11BrO3. The SMILES string of the molecule is CCOc1cc(=O)oc2cc(CBr)ccc12. The highest BCUT2D eigenvalue weighted by molar-refractivity contribution is 9.08. The normalized spacial score (nSPS) is 10.6. The van der Waals surface area contributed by atoms with E-state index in [1.54, 1.807) is 0 Å². The van der Waals surface area contributed by atoms with Crippen LogP contribution in [0, 0.1) is 0 Å². The van der Waals surface area contributed by atoms with Crippen LogP contribution >= 0.6 is 15.9 Å². The number of rotatable bonds is 3. The first-order chi connectivity index (χ1) is 7.74. The highest BCUT2D eigenvalue weighted by Gasteiger charge is 2.06. The van der Waals surface area contributed by atoms with Gasteiger partial charge in [-0.15, -0.1) is 0 Å². The molecule has 3 nitrogen and oxygen atoms in total. The highest BCUT2D eigenvalue weighted by Crippen LogP contribution is 2.25. The van der Waals surface area contributed by atoms with Gasteiger partial charge in [0.1, 0.15) is 11.3 Å². The molecule has 0 N–H and O–H groups in total. The van der Waals surface area contributed by atoms with E-state index in [2.05, 4.69) is 15.9 Å². The third-order valence-corrected chi connectivity index (χ3v) is 2.87. The van der Waals surface area contributed by atoms with Gasteiger partial charge in [-0.3, -0.25) is 0 Å². The van der Waals surface area contributed by atoms with Gasteiger partial charge in [0.25, 0.3) is 0 Å². The van der Waals surface area contributed by atoms with Crippen LogP contribution in [-0.2, 0) is 5.33 Å². The summed E-state index contributed by atoms with van der Waals surface area (Å²) in [6.07, 6.45) is 0. The van der Waals surface area contributed by atoms with Crippen LogP contribution in [0.4, 0.5) is 0 Å². The minimum Gasteiger partial charge on any atom is -0.493 e. The molecule has 0 aliphatic heterocycles. The molecule has 0 saturated carbocycles. The van der Waals surface area contributed by atoms with Crippen molar-refractivity contribution < 1.29 is 9.15 Å².